The monoisotopic (exact) mass is 497 g/mol. The Hall–Kier alpha value is -4.27. The Morgan fingerprint density at radius 2 is 1.36 bits per heavy atom. The number of nitrogens with zero attached hydrogens (tertiary/aromatic N) is 1. The van der Waals surface area contributed by atoms with Crippen molar-refractivity contribution in [3.63, 3.8) is 0 Å². The third kappa shape index (κ3) is 5.05. The number of hydrogen-bond donors (Lipinski definition) is 2. The summed E-state index contributed by atoms with van der Waals surface area (Å²) in [6.45, 7) is 0. The topological polar surface area (TPSA) is 111 Å². The lowest BCUT2D eigenvalue weighted by Gasteiger charge is -2.11. The molecule has 4 aromatic rings. The van der Waals surface area contributed by atoms with Gasteiger partial charge in [0.25, 0.3) is 5.91 Å². The van der Waals surface area contributed by atoms with E-state index in [4.69, 9.17) is 9.98 Å². The summed E-state index contributed by atoms with van der Waals surface area (Å²) in [7, 11) is -3.87. The number of nitrogens with one attached hydrogen (secondary N) is 1. The summed E-state index contributed by atoms with van der Waals surface area (Å²) in [5, 5.41) is 12.3. The number of rotatable bonds is 6. The van der Waals surface area contributed by atoms with Crippen molar-refractivity contribution in [2.75, 3.05) is 5.32 Å². The van der Waals surface area contributed by atoms with E-state index in [9.17, 15) is 13.2 Å². The molecule has 0 saturated heterocycles. The third-order valence-electron chi connectivity index (χ3n) is 5.94. The summed E-state index contributed by atoms with van der Waals surface area (Å²) in [4.78, 5) is 18.2. The van der Waals surface area contributed by atoms with Crippen LogP contribution in [0.3, 0.4) is 0 Å². The van der Waals surface area contributed by atoms with Crippen LogP contribution in [0.25, 0.3) is 22.3 Å². The molecule has 180 valence electrons. The molecule has 5 rings (SSSR count). The standard InChI is InChI=1S/C28H23N3O4S/c29-36(33,34)27-9-5-4-8-24(27)21-14-16-23(17-15-21)30-28(32)26-18-25(31-35-26)22-12-10-20(11-13-22)19-6-2-1-3-7-19/h1-17,26H,18H2,(H,30,32)(H2,29,33,34). The van der Waals surface area contributed by atoms with Crippen molar-refractivity contribution >= 4 is 27.3 Å². The molecule has 36 heavy (non-hydrogen) atoms. The van der Waals surface area contributed by atoms with Crippen LogP contribution in [-0.4, -0.2) is 26.1 Å². The Morgan fingerprint density at radius 3 is 2.06 bits per heavy atom. The zero-order valence-corrected chi connectivity index (χ0v) is 20.0. The normalized spacial score (nSPS) is 15.1. The molecule has 0 radical (unpaired) electrons. The highest BCUT2D eigenvalue weighted by atomic mass is 32.2. The van der Waals surface area contributed by atoms with Crippen molar-refractivity contribution in [3.05, 3.63) is 109 Å². The van der Waals surface area contributed by atoms with E-state index in [-0.39, 0.29) is 10.8 Å². The van der Waals surface area contributed by atoms with Gasteiger partial charge in [0.1, 0.15) is 0 Å². The predicted octanol–water partition coefficient (Wildman–Crippen LogP) is 4.80. The Labute approximate surface area is 209 Å². The first kappa shape index (κ1) is 23.5. The minimum Gasteiger partial charge on any atom is -0.382 e. The second-order valence-corrected chi connectivity index (χ2v) is 9.92. The van der Waals surface area contributed by atoms with Crippen molar-refractivity contribution < 1.29 is 18.0 Å². The maximum absolute atomic E-state index is 12.8. The van der Waals surface area contributed by atoms with Gasteiger partial charge in [0, 0.05) is 17.7 Å². The average Bonchev–Trinajstić information content (AvgIpc) is 3.40. The molecule has 8 heteroatoms. The van der Waals surface area contributed by atoms with Gasteiger partial charge in [0.2, 0.25) is 16.1 Å². The molecule has 1 unspecified atom stereocenters. The van der Waals surface area contributed by atoms with Gasteiger partial charge in [0.05, 0.1) is 10.6 Å². The summed E-state index contributed by atoms with van der Waals surface area (Å²) in [5.41, 5.74) is 5.56. The fourth-order valence-electron chi connectivity index (χ4n) is 4.08. The van der Waals surface area contributed by atoms with E-state index < -0.39 is 16.1 Å². The molecule has 1 amide bonds. The van der Waals surface area contributed by atoms with Crippen LogP contribution in [0, 0.1) is 0 Å². The quantitative estimate of drug-likeness (QED) is 0.399. The fraction of sp³-hybridized carbons (Fsp3) is 0.0714. The Balaban J connectivity index is 1.23. The van der Waals surface area contributed by atoms with Crippen molar-refractivity contribution in [1.29, 1.82) is 0 Å². The van der Waals surface area contributed by atoms with Crippen molar-refractivity contribution in [2.24, 2.45) is 10.3 Å². The molecule has 1 aliphatic rings. The lowest BCUT2D eigenvalue weighted by atomic mass is 10.00. The van der Waals surface area contributed by atoms with Crippen molar-refractivity contribution in [1.82, 2.24) is 0 Å². The highest BCUT2D eigenvalue weighted by Crippen LogP contribution is 2.28. The van der Waals surface area contributed by atoms with Gasteiger partial charge in [-0.2, -0.15) is 0 Å². The molecule has 1 atom stereocenters. The average molecular weight is 498 g/mol. The van der Waals surface area contributed by atoms with E-state index >= 15 is 0 Å². The molecule has 0 aliphatic carbocycles. The lowest BCUT2D eigenvalue weighted by Crippen LogP contribution is -2.28. The second kappa shape index (κ2) is 9.77. The van der Waals surface area contributed by atoms with Crippen LogP contribution in [0.1, 0.15) is 12.0 Å². The molecular weight excluding hydrogens is 474 g/mol. The van der Waals surface area contributed by atoms with E-state index in [1.807, 2.05) is 42.5 Å². The van der Waals surface area contributed by atoms with Gasteiger partial charge in [0.15, 0.2) is 0 Å². The number of sulfonamides is 1. The summed E-state index contributed by atoms with van der Waals surface area (Å²) < 4.78 is 23.8. The van der Waals surface area contributed by atoms with E-state index in [1.54, 1.807) is 42.5 Å². The number of carbonyl (C=O) groups is 1. The summed E-state index contributed by atoms with van der Waals surface area (Å²) in [6, 6.07) is 31.4. The fourth-order valence-corrected chi connectivity index (χ4v) is 4.84. The smallest absolute Gasteiger partial charge is 0.268 e. The van der Waals surface area contributed by atoms with Gasteiger partial charge < -0.3 is 10.2 Å². The van der Waals surface area contributed by atoms with Crippen molar-refractivity contribution in [2.45, 2.75) is 17.4 Å². The van der Waals surface area contributed by atoms with Gasteiger partial charge in [-0.3, -0.25) is 4.79 Å². The van der Waals surface area contributed by atoms with Crippen LogP contribution >= 0.6 is 0 Å². The first-order valence-electron chi connectivity index (χ1n) is 11.3. The number of carbonyl (C=O) groups excluding carboxylic acids is 1. The van der Waals surface area contributed by atoms with Gasteiger partial charge in [-0.05, 0) is 40.5 Å². The number of primary sulfonamides is 1. The number of hydrogen-bond acceptors (Lipinski definition) is 5. The van der Waals surface area contributed by atoms with Gasteiger partial charge in [-0.1, -0.05) is 90.1 Å². The number of amides is 1. The Morgan fingerprint density at radius 1 is 0.778 bits per heavy atom. The number of oxime groups is 1. The minimum absolute atomic E-state index is 0.0441. The number of nitrogens with two attached hydrogens (primary N) is 1. The summed E-state index contributed by atoms with van der Waals surface area (Å²) >= 11 is 0. The van der Waals surface area contributed by atoms with E-state index in [1.165, 1.54) is 6.07 Å². The second-order valence-electron chi connectivity index (χ2n) is 8.39. The molecule has 1 heterocycles. The molecule has 4 aromatic carbocycles. The zero-order valence-electron chi connectivity index (χ0n) is 19.2. The minimum atomic E-state index is -3.87. The van der Waals surface area contributed by atoms with Crippen LogP contribution in [0.4, 0.5) is 5.69 Å². The SMILES string of the molecule is NS(=O)(=O)c1ccccc1-c1ccc(NC(=O)C2CC(c3ccc(-c4ccccc4)cc3)=NO2)cc1. The predicted molar refractivity (Wildman–Crippen MR) is 140 cm³/mol. The highest BCUT2D eigenvalue weighted by Gasteiger charge is 2.29. The van der Waals surface area contributed by atoms with Gasteiger partial charge in [-0.15, -0.1) is 0 Å². The van der Waals surface area contributed by atoms with Crippen molar-refractivity contribution in [3.8, 4) is 22.3 Å². The van der Waals surface area contributed by atoms with Crippen LogP contribution in [0.5, 0.6) is 0 Å². The maximum Gasteiger partial charge on any atom is 0.268 e. The number of anilines is 1. The van der Waals surface area contributed by atoms with E-state index in [0.717, 1.165) is 16.7 Å². The Kier molecular flexibility index (Phi) is 6.37. The molecule has 0 fully saturated rings. The molecule has 0 spiro atoms. The maximum atomic E-state index is 12.8. The lowest BCUT2D eigenvalue weighted by molar-refractivity contribution is -0.125. The van der Waals surface area contributed by atoms with E-state index in [2.05, 4.69) is 22.6 Å². The largest absolute Gasteiger partial charge is 0.382 e. The molecule has 1 aliphatic heterocycles. The van der Waals surface area contributed by atoms with Crippen LogP contribution in [0.15, 0.2) is 113 Å². The Bertz CT molecular complexity index is 1530. The van der Waals surface area contributed by atoms with Crippen LogP contribution < -0.4 is 10.5 Å². The third-order valence-corrected chi connectivity index (χ3v) is 6.91. The van der Waals surface area contributed by atoms with E-state index in [0.29, 0.717) is 28.9 Å². The highest BCUT2D eigenvalue weighted by molar-refractivity contribution is 7.89. The zero-order chi connectivity index (χ0) is 25.1. The molecule has 3 N–H and O–H groups in total. The first-order chi connectivity index (χ1) is 17.4. The summed E-state index contributed by atoms with van der Waals surface area (Å²) in [5.74, 6) is -0.313. The molecule has 0 aromatic heterocycles. The van der Waals surface area contributed by atoms with Gasteiger partial charge in [-0.25, -0.2) is 13.6 Å². The first-order valence-corrected chi connectivity index (χ1v) is 12.8. The molecule has 0 saturated carbocycles. The molecule has 0 bridgehead atoms. The summed E-state index contributed by atoms with van der Waals surface area (Å²) in [6.07, 6.45) is -0.382. The number of benzene rings is 4. The van der Waals surface area contributed by atoms with Crippen LogP contribution in [0.2, 0.25) is 0 Å². The van der Waals surface area contributed by atoms with Gasteiger partial charge >= 0.3 is 0 Å². The molecule has 7 nitrogen and oxygen atoms in total. The van der Waals surface area contributed by atoms with Crippen LogP contribution in [-0.2, 0) is 19.7 Å². The molecular formula is C28H23N3O4S.